The average Bonchev–Trinajstić information content (AvgIpc) is 3.46. The lowest BCUT2D eigenvalue weighted by atomic mass is 10.2. The lowest BCUT2D eigenvalue weighted by Crippen LogP contribution is -2.44. The van der Waals surface area contributed by atoms with Crippen LogP contribution in [0.5, 0.6) is 0 Å². The number of nitrogens with zero attached hydrogens (tertiary/aromatic N) is 5. The van der Waals surface area contributed by atoms with Crippen LogP contribution in [0.25, 0.3) is 5.82 Å². The molecular formula is C22H28IN7. The second-order valence-electron chi connectivity index (χ2n) is 7.10. The Bertz CT molecular complexity index is 910. The van der Waals surface area contributed by atoms with E-state index in [4.69, 9.17) is 4.99 Å². The lowest BCUT2D eigenvalue weighted by molar-refractivity contribution is 0.649. The van der Waals surface area contributed by atoms with E-state index in [2.05, 4.69) is 68.8 Å². The lowest BCUT2D eigenvalue weighted by Gasteiger charge is -2.20. The van der Waals surface area contributed by atoms with Crippen LogP contribution in [0.1, 0.15) is 18.9 Å². The summed E-state index contributed by atoms with van der Waals surface area (Å²) in [6.45, 7) is 5.54. The van der Waals surface area contributed by atoms with E-state index >= 15 is 0 Å². The van der Waals surface area contributed by atoms with Crippen molar-refractivity contribution in [1.29, 1.82) is 0 Å². The number of guanidine groups is 1. The molecule has 1 atom stereocenters. The van der Waals surface area contributed by atoms with Crippen molar-refractivity contribution in [3.63, 3.8) is 0 Å². The number of halogens is 1. The first-order valence-electron chi connectivity index (χ1n) is 10.1. The van der Waals surface area contributed by atoms with Crippen LogP contribution in [0, 0.1) is 0 Å². The molecule has 0 bridgehead atoms. The number of hydrogen-bond donors (Lipinski definition) is 2. The van der Waals surface area contributed by atoms with Crippen molar-refractivity contribution in [3.05, 3.63) is 72.9 Å². The number of nitrogens with one attached hydrogen (secondary N) is 2. The molecule has 1 aliphatic rings. The van der Waals surface area contributed by atoms with Crippen molar-refractivity contribution in [2.45, 2.75) is 25.9 Å². The average molecular weight is 517 g/mol. The molecule has 0 spiro atoms. The Morgan fingerprint density at radius 3 is 2.77 bits per heavy atom. The van der Waals surface area contributed by atoms with E-state index in [9.17, 15) is 0 Å². The predicted molar refractivity (Wildman–Crippen MR) is 132 cm³/mol. The minimum Gasteiger partial charge on any atom is -0.369 e. The Morgan fingerprint density at radius 1 is 1.20 bits per heavy atom. The van der Waals surface area contributed by atoms with Crippen molar-refractivity contribution < 1.29 is 0 Å². The normalized spacial score (nSPS) is 16.2. The van der Waals surface area contributed by atoms with E-state index in [1.165, 1.54) is 5.69 Å². The minimum atomic E-state index is 0. The Kier molecular flexibility index (Phi) is 8.06. The fraction of sp³-hybridized carbons (Fsp3) is 0.318. The van der Waals surface area contributed by atoms with E-state index in [1.54, 1.807) is 12.5 Å². The third kappa shape index (κ3) is 5.71. The van der Waals surface area contributed by atoms with Gasteiger partial charge in [0.15, 0.2) is 5.96 Å². The molecule has 7 nitrogen and oxygen atoms in total. The Hall–Kier alpha value is -2.62. The monoisotopic (exact) mass is 517 g/mol. The highest BCUT2D eigenvalue weighted by Gasteiger charge is 2.23. The number of pyridine rings is 1. The summed E-state index contributed by atoms with van der Waals surface area (Å²) in [6.07, 6.45) is 8.34. The topological polar surface area (TPSA) is 70.4 Å². The second kappa shape index (κ2) is 11.0. The van der Waals surface area contributed by atoms with Gasteiger partial charge in [0.1, 0.15) is 12.1 Å². The van der Waals surface area contributed by atoms with Crippen molar-refractivity contribution in [3.8, 4) is 5.82 Å². The molecule has 1 saturated heterocycles. The molecule has 30 heavy (non-hydrogen) atoms. The number of aromatic nitrogens is 3. The van der Waals surface area contributed by atoms with Gasteiger partial charge in [0.2, 0.25) is 0 Å². The number of para-hydroxylation sites is 1. The van der Waals surface area contributed by atoms with Crippen molar-refractivity contribution in [2.75, 3.05) is 24.5 Å². The van der Waals surface area contributed by atoms with Crippen LogP contribution < -0.4 is 15.5 Å². The van der Waals surface area contributed by atoms with Gasteiger partial charge in [-0.3, -0.25) is 4.57 Å². The number of rotatable bonds is 6. The fourth-order valence-corrected chi connectivity index (χ4v) is 3.49. The molecule has 0 saturated carbocycles. The molecule has 3 aromatic rings. The van der Waals surface area contributed by atoms with E-state index in [0.717, 1.165) is 43.4 Å². The fourth-order valence-electron chi connectivity index (χ4n) is 3.49. The predicted octanol–water partition coefficient (Wildman–Crippen LogP) is 3.22. The summed E-state index contributed by atoms with van der Waals surface area (Å²) in [5.74, 6) is 1.71. The molecular weight excluding hydrogens is 489 g/mol. The molecule has 1 aliphatic heterocycles. The van der Waals surface area contributed by atoms with Gasteiger partial charge in [-0.25, -0.2) is 15.0 Å². The quantitative estimate of drug-likeness (QED) is 0.299. The molecule has 0 aliphatic carbocycles. The van der Waals surface area contributed by atoms with Gasteiger partial charge in [-0.1, -0.05) is 24.3 Å². The highest BCUT2D eigenvalue weighted by atomic mass is 127. The van der Waals surface area contributed by atoms with Crippen molar-refractivity contribution in [1.82, 2.24) is 25.2 Å². The summed E-state index contributed by atoms with van der Waals surface area (Å²) in [7, 11) is 0. The van der Waals surface area contributed by atoms with Gasteiger partial charge >= 0.3 is 0 Å². The van der Waals surface area contributed by atoms with Crippen molar-refractivity contribution >= 4 is 35.6 Å². The summed E-state index contributed by atoms with van der Waals surface area (Å²) in [6, 6.07) is 15.0. The maximum absolute atomic E-state index is 4.75. The first kappa shape index (κ1) is 22.1. The first-order chi connectivity index (χ1) is 14.3. The standard InChI is InChI=1S/C22H27N7.HI/c1-2-24-22(27-19-10-12-28(16-19)20-6-4-3-5-7-20)26-15-18-8-9-21(25-14-18)29-13-11-23-17-29;/h3-9,11,13-14,17,19H,2,10,12,15-16H2,1H3,(H2,24,26,27);1H. The summed E-state index contributed by atoms with van der Waals surface area (Å²) < 4.78 is 1.89. The number of benzene rings is 1. The van der Waals surface area contributed by atoms with Crippen LogP contribution in [0.2, 0.25) is 0 Å². The van der Waals surface area contributed by atoms with Gasteiger partial charge in [-0.2, -0.15) is 0 Å². The SMILES string of the molecule is CCNC(=NCc1ccc(-n2ccnc2)nc1)NC1CCN(c2ccccc2)C1.I. The Labute approximate surface area is 194 Å². The minimum absolute atomic E-state index is 0. The summed E-state index contributed by atoms with van der Waals surface area (Å²) in [4.78, 5) is 15.7. The maximum Gasteiger partial charge on any atom is 0.191 e. The van der Waals surface area contributed by atoms with Gasteiger partial charge in [0.05, 0.1) is 6.54 Å². The highest BCUT2D eigenvalue weighted by molar-refractivity contribution is 14.0. The number of hydrogen-bond acceptors (Lipinski definition) is 4. The van der Waals surface area contributed by atoms with Crippen molar-refractivity contribution in [2.24, 2.45) is 4.99 Å². The first-order valence-corrected chi connectivity index (χ1v) is 10.1. The number of imidazole rings is 1. The third-order valence-corrected chi connectivity index (χ3v) is 4.99. The molecule has 0 amide bonds. The third-order valence-electron chi connectivity index (χ3n) is 4.99. The number of aliphatic imine (C=N–C) groups is 1. The van der Waals surface area contributed by atoms with E-state index in [0.29, 0.717) is 12.6 Å². The van der Waals surface area contributed by atoms with E-state index in [1.807, 2.05) is 23.0 Å². The van der Waals surface area contributed by atoms with Gasteiger partial charge in [0, 0.05) is 50.0 Å². The molecule has 2 N–H and O–H groups in total. The van der Waals surface area contributed by atoms with Crippen LogP contribution in [0.3, 0.4) is 0 Å². The zero-order valence-corrected chi connectivity index (χ0v) is 19.4. The smallest absolute Gasteiger partial charge is 0.191 e. The molecule has 1 unspecified atom stereocenters. The van der Waals surface area contributed by atoms with Gasteiger partial charge in [-0.05, 0) is 37.1 Å². The molecule has 158 valence electrons. The molecule has 3 heterocycles. The van der Waals surface area contributed by atoms with E-state index < -0.39 is 0 Å². The molecule has 4 rings (SSSR count). The zero-order chi connectivity index (χ0) is 19.9. The van der Waals surface area contributed by atoms with Crippen LogP contribution >= 0.6 is 24.0 Å². The van der Waals surface area contributed by atoms with Crippen LogP contribution in [0.15, 0.2) is 72.4 Å². The molecule has 8 heteroatoms. The van der Waals surface area contributed by atoms with Gasteiger partial charge in [0.25, 0.3) is 0 Å². The Balaban J connectivity index is 0.00000256. The van der Waals surface area contributed by atoms with Gasteiger partial charge in [-0.15, -0.1) is 24.0 Å². The zero-order valence-electron chi connectivity index (χ0n) is 17.1. The Morgan fingerprint density at radius 2 is 2.07 bits per heavy atom. The molecule has 2 aromatic heterocycles. The largest absolute Gasteiger partial charge is 0.369 e. The summed E-state index contributed by atoms with van der Waals surface area (Å²) in [5, 5.41) is 6.94. The van der Waals surface area contributed by atoms with E-state index in [-0.39, 0.29) is 24.0 Å². The highest BCUT2D eigenvalue weighted by Crippen LogP contribution is 2.19. The molecule has 1 aromatic carbocycles. The molecule has 1 fully saturated rings. The van der Waals surface area contributed by atoms with Crippen LogP contribution in [-0.4, -0.2) is 46.2 Å². The maximum atomic E-state index is 4.75. The van der Waals surface area contributed by atoms with Crippen LogP contribution in [0.4, 0.5) is 5.69 Å². The second-order valence-corrected chi connectivity index (χ2v) is 7.10. The summed E-state index contributed by atoms with van der Waals surface area (Å²) in [5.41, 5.74) is 2.35. The molecule has 0 radical (unpaired) electrons. The van der Waals surface area contributed by atoms with Crippen LogP contribution in [-0.2, 0) is 6.54 Å². The summed E-state index contributed by atoms with van der Waals surface area (Å²) >= 11 is 0. The number of anilines is 1. The van der Waals surface area contributed by atoms with Gasteiger partial charge < -0.3 is 15.5 Å².